The molecule has 2 nitrogen and oxygen atoms in total. The van der Waals surface area contributed by atoms with E-state index in [1.807, 2.05) is 0 Å². The van der Waals surface area contributed by atoms with Crippen molar-refractivity contribution in [3.8, 4) is 0 Å². The molecule has 108 valence electrons. The first kappa shape index (κ1) is 15.0. The van der Waals surface area contributed by atoms with Crippen molar-refractivity contribution in [2.75, 3.05) is 7.05 Å². The van der Waals surface area contributed by atoms with Gasteiger partial charge in [-0.2, -0.15) is 0 Å². The van der Waals surface area contributed by atoms with E-state index in [4.69, 9.17) is 0 Å². The van der Waals surface area contributed by atoms with Crippen LogP contribution >= 0.6 is 0 Å². The molecule has 2 aromatic rings. The average molecular weight is 270 g/mol. The second-order valence-corrected chi connectivity index (χ2v) is 6.04. The molecule has 1 heterocycles. The van der Waals surface area contributed by atoms with Gasteiger partial charge in [-0.05, 0) is 44.0 Å². The number of fused-ring (bicyclic) bond motifs is 1. The zero-order chi connectivity index (χ0) is 14.5. The second-order valence-electron chi connectivity index (χ2n) is 6.04. The van der Waals surface area contributed by atoms with Crippen LogP contribution in [0.1, 0.15) is 50.4 Å². The number of pyridine rings is 1. The van der Waals surface area contributed by atoms with Crippen molar-refractivity contribution in [1.29, 1.82) is 0 Å². The Hall–Kier alpha value is -1.41. The minimum atomic E-state index is 0.417. The van der Waals surface area contributed by atoms with Crippen LogP contribution in [0.15, 0.2) is 30.3 Å². The molecule has 1 aromatic heterocycles. The van der Waals surface area contributed by atoms with E-state index >= 15 is 0 Å². The van der Waals surface area contributed by atoms with Crippen LogP contribution in [0.3, 0.4) is 0 Å². The van der Waals surface area contributed by atoms with Crippen LogP contribution in [0.4, 0.5) is 0 Å². The summed E-state index contributed by atoms with van der Waals surface area (Å²) < 4.78 is 0. The molecule has 2 rings (SSSR count). The maximum atomic E-state index is 4.63. The van der Waals surface area contributed by atoms with Crippen molar-refractivity contribution in [3.63, 3.8) is 0 Å². The molecule has 0 aliphatic heterocycles. The summed E-state index contributed by atoms with van der Waals surface area (Å²) in [5.74, 6) is 0.781. The Balaban J connectivity index is 2.29. The standard InChI is InChI=1S/C18H26N2/c1-13(2)8-7-11-17(19-4)16-12-14(3)20-18-10-6-5-9-15(16)18/h5-6,9-10,12-13,17,19H,7-8,11H2,1-4H3. The van der Waals surface area contributed by atoms with Crippen LogP contribution < -0.4 is 5.32 Å². The molecule has 1 N–H and O–H groups in total. The fraction of sp³-hybridized carbons (Fsp3) is 0.500. The first-order valence-electron chi connectivity index (χ1n) is 7.65. The van der Waals surface area contributed by atoms with Gasteiger partial charge in [0.15, 0.2) is 0 Å². The van der Waals surface area contributed by atoms with E-state index in [1.54, 1.807) is 0 Å². The van der Waals surface area contributed by atoms with E-state index in [0.29, 0.717) is 6.04 Å². The third-order valence-electron chi connectivity index (χ3n) is 3.87. The summed E-state index contributed by atoms with van der Waals surface area (Å²) in [6.07, 6.45) is 3.74. The third kappa shape index (κ3) is 3.57. The van der Waals surface area contributed by atoms with E-state index < -0.39 is 0 Å². The Bertz CT molecular complexity index is 560. The van der Waals surface area contributed by atoms with Gasteiger partial charge in [-0.3, -0.25) is 4.98 Å². The van der Waals surface area contributed by atoms with Gasteiger partial charge in [0.2, 0.25) is 0 Å². The highest BCUT2D eigenvalue weighted by Crippen LogP contribution is 2.27. The molecule has 0 aliphatic rings. The number of hydrogen-bond donors (Lipinski definition) is 1. The zero-order valence-corrected chi connectivity index (χ0v) is 13.1. The quantitative estimate of drug-likeness (QED) is 0.827. The Labute approximate surface area is 122 Å². The molecule has 0 spiro atoms. The molecule has 1 unspecified atom stereocenters. The Kier molecular flexibility index (Phi) is 5.13. The highest BCUT2D eigenvalue weighted by molar-refractivity contribution is 5.82. The summed E-state index contributed by atoms with van der Waals surface area (Å²) >= 11 is 0. The van der Waals surface area contributed by atoms with Gasteiger partial charge in [0, 0.05) is 17.1 Å². The first-order valence-corrected chi connectivity index (χ1v) is 7.65. The van der Waals surface area contributed by atoms with Crippen LogP contribution in [0.2, 0.25) is 0 Å². The number of benzene rings is 1. The van der Waals surface area contributed by atoms with E-state index in [1.165, 1.54) is 30.2 Å². The van der Waals surface area contributed by atoms with Crippen LogP contribution in [-0.4, -0.2) is 12.0 Å². The van der Waals surface area contributed by atoms with Crippen molar-refractivity contribution in [2.45, 2.75) is 46.1 Å². The number of rotatable bonds is 6. The lowest BCUT2D eigenvalue weighted by atomic mass is 9.95. The molecule has 1 aromatic carbocycles. The number of para-hydroxylation sites is 1. The monoisotopic (exact) mass is 270 g/mol. The molecule has 2 heteroatoms. The molecule has 0 radical (unpaired) electrons. The van der Waals surface area contributed by atoms with E-state index in [-0.39, 0.29) is 0 Å². The zero-order valence-electron chi connectivity index (χ0n) is 13.1. The van der Waals surface area contributed by atoms with Crippen LogP contribution in [0.5, 0.6) is 0 Å². The number of nitrogens with one attached hydrogen (secondary N) is 1. The lowest BCUT2D eigenvalue weighted by Crippen LogP contribution is -2.17. The van der Waals surface area contributed by atoms with Gasteiger partial charge in [-0.1, -0.05) is 44.9 Å². The van der Waals surface area contributed by atoms with Gasteiger partial charge in [-0.25, -0.2) is 0 Å². The summed E-state index contributed by atoms with van der Waals surface area (Å²) in [6, 6.07) is 11.1. The summed E-state index contributed by atoms with van der Waals surface area (Å²) in [5.41, 5.74) is 3.59. The molecule has 1 atom stereocenters. The average Bonchev–Trinajstić information content (AvgIpc) is 2.42. The maximum Gasteiger partial charge on any atom is 0.0708 e. The normalized spacial score (nSPS) is 13.1. The fourth-order valence-electron chi connectivity index (χ4n) is 2.81. The summed E-state index contributed by atoms with van der Waals surface area (Å²) in [7, 11) is 2.06. The van der Waals surface area contributed by atoms with E-state index in [9.17, 15) is 0 Å². The molecular formula is C18H26N2. The molecule has 0 bridgehead atoms. The van der Waals surface area contributed by atoms with Crippen molar-refractivity contribution in [3.05, 3.63) is 41.6 Å². The molecule has 0 saturated carbocycles. The summed E-state index contributed by atoms with van der Waals surface area (Å²) in [5, 5.41) is 4.76. The smallest absolute Gasteiger partial charge is 0.0708 e. The van der Waals surface area contributed by atoms with Gasteiger partial charge in [0.05, 0.1) is 5.52 Å². The Morgan fingerprint density at radius 1 is 1.15 bits per heavy atom. The molecule has 20 heavy (non-hydrogen) atoms. The number of aryl methyl sites for hydroxylation is 1. The molecular weight excluding hydrogens is 244 g/mol. The summed E-state index contributed by atoms with van der Waals surface area (Å²) in [6.45, 7) is 6.66. The number of hydrogen-bond acceptors (Lipinski definition) is 2. The highest BCUT2D eigenvalue weighted by Gasteiger charge is 2.13. The largest absolute Gasteiger partial charge is 0.313 e. The number of aromatic nitrogens is 1. The molecule has 0 aliphatic carbocycles. The molecule has 0 fully saturated rings. The van der Waals surface area contributed by atoms with Crippen molar-refractivity contribution in [1.82, 2.24) is 10.3 Å². The molecule has 0 amide bonds. The predicted molar refractivity (Wildman–Crippen MR) is 87.0 cm³/mol. The minimum absolute atomic E-state index is 0.417. The third-order valence-corrected chi connectivity index (χ3v) is 3.87. The Morgan fingerprint density at radius 2 is 1.90 bits per heavy atom. The van der Waals surface area contributed by atoms with Gasteiger partial charge >= 0.3 is 0 Å². The molecule has 0 saturated heterocycles. The van der Waals surface area contributed by atoms with Crippen LogP contribution in [0, 0.1) is 12.8 Å². The Morgan fingerprint density at radius 3 is 2.60 bits per heavy atom. The first-order chi connectivity index (χ1) is 9.61. The van der Waals surface area contributed by atoms with Gasteiger partial charge < -0.3 is 5.32 Å². The SMILES string of the molecule is CNC(CCCC(C)C)c1cc(C)nc2ccccc12. The van der Waals surface area contributed by atoms with Crippen molar-refractivity contribution >= 4 is 10.9 Å². The van der Waals surface area contributed by atoms with Crippen molar-refractivity contribution < 1.29 is 0 Å². The topological polar surface area (TPSA) is 24.9 Å². The van der Waals surface area contributed by atoms with Gasteiger partial charge in [-0.15, -0.1) is 0 Å². The van der Waals surface area contributed by atoms with Crippen molar-refractivity contribution in [2.24, 2.45) is 5.92 Å². The maximum absolute atomic E-state index is 4.63. The highest BCUT2D eigenvalue weighted by atomic mass is 14.9. The van der Waals surface area contributed by atoms with Crippen LogP contribution in [-0.2, 0) is 0 Å². The van der Waals surface area contributed by atoms with Gasteiger partial charge in [0.1, 0.15) is 0 Å². The van der Waals surface area contributed by atoms with Gasteiger partial charge in [0.25, 0.3) is 0 Å². The number of nitrogens with zero attached hydrogens (tertiary/aromatic N) is 1. The second kappa shape index (κ2) is 6.85. The lowest BCUT2D eigenvalue weighted by molar-refractivity contribution is 0.472. The van der Waals surface area contributed by atoms with E-state index in [0.717, 1.165) is 17.1 Å². The lowest BCUT2D eigenvalue weighted by Gasteiger charge is -2.19. The summed E-state index contributed by atoms with van der Waals surface area (Å²) in [4.78, 5) is 4.63. The predicted octanol–water partition coefficient (Wildman–Crippen LogP) is 4.63. The van der Waals surface area contributed by atoms with E-state index in [2.05, 4.69) is 68.5 Å². The van der Waals surface area contributed by atoms with Crippen LogP contribution in [0.25, 0.3) is 10.9 Å². The fourth-order valence-corrected chi connectivity index (χ4v) is 2.81. The minimum Gasteiger partial charge on any atom is -0.313 e.